The maximum Gasteiger partial charge on any atom is 0.373 e. The molecule has 0 aliphatic carbocycles. The van der Waals surface area contributed by atoms with E-state index in [4.69, 9.17) is 15.9 Å². The topological polar surface area (TPSA) is 118 Å². The highest BCUT2D eigenvalue weighted by Gasteiger charge is 2.13. The fraction of sp³-hybridized carbons (Fsp3) is 0.571. The van der Waals surface area contributed by atoms with E-state index in [0.29, 0.717) is 5.75 Å². The maximum atomic E-state index is 10.6. The molecule has 0 amide bonds. The molecule has 6 nitrogen and oxygen atoms in total. The standard InChI is InChI=1S/C7H11NO5S/c8-4(6(10)11)1-2-14-3-5(9)7(12)13/h4H,1-3,8H2,(H,10,11)(H,12,13). The van der Waals surface area contributed by atoms with E-state index in [0.717, 1.165) is 11.8 Å². The van der Waals surface area contributed by atoms with Crippen LogP contribution in [0.1, 0.15) is 6.42 Å². The summed E-state index contributed by atoms with van der Waals surface area (Å²) in [6.07, 6.45) is 0.215. The molecule has 0 aromatic heterocycles. The minimum absolute atomic E-state index is 0.151. The number of Topliss-reactive ketones (excluding diaryl/α,β-unsaturated/α-hetero) is 1. The molecule has 14 heavy (non-hydrogen) atoms. The summed E-state index contributed by atoms with van der Waals surface area (Å²) in [5.74, 6) is -3.26. The highest BCUT2D eigenvalue weighted by molar-refractivity contribution is 8.00. The molecule has 0 saturated heterocycles. The Morgan fingerprint density at radius 3 is 2.29 bits per heavy atom. The van der Waals surface area contributed by atoms with E-state index in [-0.39, 0.29) is 12.2 Å². The molecule has 4 N–H and O–H groups in total. The Hall–Kier alpha value is -1.08. The second-order valence-corrected chi connectivity index (χ2v) is 3.62. The first-order chi connectivity index (χ1) is 6.45. The minimum atomic E-state index is -1.47. The quantitative estimate of drug-likeness (QED) is 0.379. The molecule has 0 spiro atoms. The Kier molecular flexibility index (Phi) is 5.89. The molecule has 0 rings (SSSR count). The molecular weight excluding hydrogens is 210 g/mol. The minimum Gasteiger partial charge on any atom is -0.480 e. The third kappa shape index (κ3) is 5.55. The zero-order valence-electron chi connectivity index (χ0n) is 7.30. The third-order valence-corrected chi connectivity index (χ3v) is 2.35. The van der Waals surface area contributed by atoms with E-state index < -0.39 is 23.8 Å². The van der Waals surface area contributed by atoms with Crippen LogP contribution in [0.3, 0.4) is 0 Å². The van der Waals surface area contributed by atoms with Gasteiger partial charge in [-0.3, -0.25) is 9.59 Å². The number of carbonyl (C=O) groups excluding carboxylic acids is 1. The summed E-state index contributed by atoms with van der Waals surface area (Å²) >= 11 is 1.06. The molecule has 0 fully saturated rings. The van der Waals surface area contributed by atoms with Crippen molar-refractivity contribution in [1.29, 1.82) is 0 Å². The second kappa shape index (κ2) is 6.39. The van der Waals surface area contributed by atoms with Gasteiger partial charge in [-0.25, -0.2) is 4.79 Å². The molecule has 0 bridgehead atoms. The van der Waals surface area contributed by atoms with Crippen molar-refractivity contribution in [1.82, 2.24) is 0 Å². The Morgan fingerprint density at radius 1 is 1.29 bits per heavy atom. The van der Waals surface area contributed by atoms with Gasteiger partial charge < -0.3 is 15.9 Å². The van der Waals surface area contributed by atoms with Gasteiger partial charge in [0.05, 0.1) is 5.75 Å². The normalized spacial score (nSPS) is 12.1. The first-order valence-electron chi connectivity index (χ1n) is 3.77. The summed E-state index contributed by atoms with van der Waals surface area (Å²) in [7, 11) is 0. The van der Waals surface area contributed by atoms with Crippen molar-refractivity contribution < 1.29 is 24.6 Å². The second-order valence-electron chi connectivity index (χ2n) is 2.51. The maximum absolute atomic E-state index is 10.6. The van der Waals surface area contributed by atoms with Gasteiger partial charge in [0.2, 0.25) is 5.78 Å². The van der Waals surface area contributed by atoms with Gasteiger partial charge in [-0.2, -0.15) is 11.8 Å². The Bertz CT molecular complexity index is 242. The van der Waals surface area contributed by atoms with Crippen LogP contribution in [0, 0.1) is 0 Å². The van der Waals surface area contributed by atoms with Crippen molar-refractivity contribution in [3.8, 4) is 0 Å². The number of hydrogen-bond donors (Lipinski definition) is 3. The van der Waals surface area contributed by atoms with E-state index in [9.17, 15) is 14.4 Å². The summed E-state index contributed by atoms with van der Waals surface area (Å²) in [5.41, 5.74) is 5.18. The average Bonchev–Trinajstić information content (AvgIpc) is 2.11. The molecule has 0 aromatic carbocycles. The largest absolute Gasteiger partial charge is 0.480 e. The lowest BCUT2D eigenvalue weighted by Gasteiger charge is -2.04. The lowest BCUT2D eigenvalue weighted by Crippen LogP contribution is -2.30. The number of thioether (sulfide) groups is 1. The summed E-state index contributed by atoms with van der Waals surface area (Å²) in [6.45, 7) is 0. The van der Waals surface area contributed by atoms with Crippen LogP contribution in [0.5, 0.6) is 0 Å². The van der Waals surface area contributed by atoms with Gasteiger partial charge in [0.15, 0.2) is 0 Å². The molecule has 1 atom stereocenters. The van der Waals surface area contributed by atoms with Crippen molar-refractivity contribution in [2.24, 2.45) is 5.73 Å². The first-order valence-corrected chi connectivity index (χ1v) is 4.93. The zero-order chi connectivity index (χ0) is 11.1. The van der Waals surface area contributed by atoms with Crippen molar-refractivity contribution in [3.05, 3.63) is 0 Å². The number of nitrogens with two attached hydrogens (primary N) is 1. The van der Waals surface area contributed by atoms with Crippen LogP contribution in [0.25, 0.3) is 0 Å². The number of carboxylic acid groups (broad SMARTS) is 2. The number of carboxylic acids is 2. The van der Waals surface area contributed by atoms with Crippen molar-refractivity contribution >= 4 is 29.5 Å². The van der Waals surface area contributed by atoms with Crippen molar-refractivity contribution in [3.63, 3.8) is 0 Å². The van der Waals surface area contributed by atoms with Gasteiger partial charge in [0.1, 0.15) is 6.04 Å². The van der Waals surface area contributed by atoms with Crippen LogP contribution < -0.4 is 5.73 Å². The number of ketones is 1. The van der Waals surface area contributed by atoms with Gasteiger partial charge in [0.25, 0.3) is 0 Å². The van der Waals surface area contributed by atoms with Crippen LogP contribution in [0.15, 0.2) is 0 Å². The van der Waals surface area contributed by atoms with E-state index in [1.807, 2.05) is 0 Å². The highest BCUT2D eigenvalue weighted by atomic mass is 32.2. The molecule has 7 heteroatoms. The molecule has 0 saturated carbocycles. The predicted molar refractivity (Wildman–Crippen MR) is 50.2 cm³/mol. The lowest BCUT2D eigenvalue weighted by atomic mass is 10.2. The lowest BCUT2D eigenvalue weighted by molar-refractivity contribution is -0.147. The molecule has 0 aliphatic rings. The Balaban J connectivity index is 3.52. The molecule has 0 heterocycles. The first kappa shape index (κ1) is 12.9. The van der Waals surface area contributed by atoms with Gasteiger partial charge in [0, 0.05) is 0 Å². The van der Waals surface area contributed by atoms with Gasteiger partial charge >= 0.3 is 11.9 Å². The highest BCUT2D eigenvalue weighted by Crippen LogP contribution is 2.04. The predicted octanol–water partition coefficient (Wildman–Crippen LogP) is -0.825. The summed E-state index contributed by atoms with van der Waals surface area (Å²) in [5, 5.41) is 16.6. The van der Waals surface area contributed by atoms with Gasteiger partial charge in [-0.1, -0.05) is 0 Å². The summed E-state index contributed by atoms with van der Waals surface area (Å²) < 4.78 is 0. The molecule has 1 unspecified atom stereocenters. The molecule has 0 aliphatic heterocycles. The van der Waals surface area contributed by atoms with E-state index in [1.165, 1.54) is 0 Å². The fourth-order valence-corrected chi connectivity index (χ4v) is 1.43. The van der Waals surface area contributed by atoms with Crippen LogP contribution in [-0.2, 0) is 14.4 Å². The molecule has 80 valence electrons. The molecule has 0 radical (unpaired) electrons. The monoisotopic (exact) mass is 221 g/mol. The fourth-order valence-electron chi connectivity index (χ4n) is 0.560. The number of carbonyl (C=O) groups is 3. The molecular formula is C7H11NO5S. The van der Waals surface area contributed by atoms with E-state index >= 15 is 0 Å². The number of hydrogen-bond acceptors (Lipinski definition) is 5. The molecule has 0 aromatic rings. The summed E-state index contributed by atoms with van der Waals surface area (Å²) in [4.78, 5) is 30.8. The van der Waals surface area contributed by atoms with Crippen LogP contribution >= 0.6 is 11.8 Å². The summed E-state index contributed by atoms with van der Waals surface area (Å²) in [6, 6.07) is -0.956. The third-order valence-electron chi connectivity index (χ3n) is 1.36. The average molecular weight is 221 g/mol. The van der Waals surface area contributed by atoms with Crippen LogP contribution in [0.4, 0.5) is 0 Å². The van der Waals surface area contributed by atoms with Crippen molar-refractivity contribution in [2.45, 2.75) is 12.5 Å². The number of rotatable bonds is 7. The number of aliphatic carboxylic acids is 2. The van der Waals surface area contributed by atoms with Crippen LogP contribution in [-0.4, -0.2) is 45.5 Å². The van der Waals surface area contributed by atoms with Crippen LogP contribution in [0.2, 0.25) is 0 Å². The van der Waals surface area contributed by atoms with Gasteiger partial charge in [-0.15, -0.1) is 0 Å². The van der Waals surface area contributed by atoms with Crippen molar-refractivity contribution in [2.75, 3.05) is 11.5 Å². The Morgan fingerprint density at radius 2 is 1.86 bits per heavy atom. The van der Waals surface area contributed by atoms with E-state index in [1.54, 1.807) is 0 Å². The smallest absolute Gasteiger partial charge is 0.373 e. The van der Waals surface area contributed by atoms with E-state index in [2.05, 4.69) is 0 Å². The Labute approximate surface area is 84.5 Å². The van der Waals surface area contributed by atoms with Gasteiger partial charge in [-0.05, 0) is 12.2 Å². The SMILES string of the molecule is NC(CCSCC(=O)C(=O)O)C(=O)O. The zero-order valence-corrected chi connectivity index (χ0v) is 8.12.